The number of rotatable bonds is 6. The first kappa shape index (κ1) is 16.7. The SMILES string of the molecule is Cl.O=C(NCCC1=CCCCC1)[C@H]1C[C@H]1C(=O)c1cnc[nH]1. The lowest BCUT2D eigenvalue weighted by Crippen LogP contribution is -2.27. The van der Waals surface area contributed by atoms with Gasteiger partial charge in [-0.15, -0.1) is 12.4 Å². The lowest BCUT2D eigenvalue weighted by atomic mass is 9.97. The van der Waals surface area contributed by atoms with Gasteiger partial charge in [-0.3, -0.25) is 9.59 Å². The normalized spacial score (nSPS) is 23.2. The molecule has 0 bridgehead atoms. The average Bonchev–Trinajstić information content (AvgIpc) is 3.13. The van der Waals surface area contributed by atoms with Crippen molar-refractivity contribution in [2.75, 3.05) is 6.54 Å². The van der Waals surface area contributed by atoms with E-state index in [1.807, 2.05) is 0 Å². The molecule has 2 aliphatic carbocycles. The zero-order chi connectivity index (χ0) is 14.7. The zero-order valence-electron chi connectivity index (χ0n) is 12.5. The van der Waals surface area contributed by atoms with Crippen LogP contribution in [0.1, 0.15) is 49.0 Å². The van der Waals surface area contributed by atoms with Gasteiger partial charge in [-0.1, -0.05) is 11.6 Å². The molecule has 22 heavy (non-hydrogen) atoms. The second-order valence-electron chi connectivity index (χ2n) is 5.93. The molecule has 1 heterocycles. The molecule has 6 heteroatoms. The molecule has 1 amide bonds. The van der Waals surface area contributed by atoms with Crippen LogP contribution in [-0.2, 0) is 4.79 Å². The number of imidazole rings is 1. The second-order valence-corrected chi connectivity index (χ2v) is 5.93. The molecule has 2 aliphatic rings. The van der Waals surface area contributed by atoms with Crippen molar-refractivity contribution in [1.82, 2.24) is 15.3 Å². The van der Waals surface area contributed by atoms with Gasteiger partial charge < -0.3 is 10.3 Å². The Bertz CT molecular complexity index is 554. The van der Waals surface area contributed by atoms with E-state index in [2.05, 4.69) is 21.4 Å². The Labute approximate surface area is 136 Å². The first-order valence-corrected chi connectivity index (χ1v) is 7.74. The summed E-state index contributed by atoms with van der Waals surface area (Å²) in [7, 11) is 0. The molecule has 0 saturated heterocycles. The van der Waals surface area contributed by atoms with Gasteiger partial charge >= 0.3 is 0 Å². The molecule has 0 aromatic carbocycles. The van der Waals surface area contributed by atoms with Crippen LogP contribution in [0.25, 0.3) is 0 Å². The highest BCUT2D eigenvalue weighted by molar-refractivity contribution is 6.02. The largest absolute Gasteiger partial charge is 0.356 e. The van der Waals surface area contributed by atoms with Crippen molar-refractivity contribution in [3.05, 3.63) is 29.9 Å². The Hall–Kier alpha value is -1.62. The number of hydrogen-bond acceptors (Lipinski definition) is 3. The van der Waals surface area contributed by atoms with Gasteiger partial charge in [-0.05, 0) is 38.5 Å². The minimum atomic E-state index is -0.167. The highest BCUT2D eigenvalue weighted by Gasteiger charge is 2.48. The minimum Gasteiger partial charge on any atom is -0.356 e. The van der Waals surface area contributed by atoms with Gasteiger partial charge in [-0.25, -0.2) is 4.98 Å². The number of ketones is 1. The Balaban J connectivity index is 0.00000176. The fourth-order valence-corrected chi connectivity index (χ4v) is 2.97. The molecule has 1 aromatic heterocycles. The van der Waals surface area contributed by atoms with Gasteiger partial charge in [0.1, 0.15) is 5.69 Å². The number of amides is 1. The number of carbonyl (C=O) groups excluding carboxylic acids is 2. The Morgan fingerprint density at radius 1 is 1.32 bits per heavy atom. The van der Waals surface area contributed by atoms with Crippen molar-refractivity contribution in [3.8, 4) is 0 Å². The number of halogens is 1. The van der Waals surface area contributed by atoms with E-state index in [0.29, 0.717) is 18.7 Å². The van der Waals surface area contributed by atoms with Crippen LogP contribution in [0.5, 0.6) is 0 Å². The van der Waals surface area contributed by atoms with E-state index in [0.717, 1.165) is 6.42 Å². The van der Waals surface area contributed by atoms with Crippen molar-refractivity contribution in [2.45, 2.75) is 38.5 Å². The van der Waals surface area contributed by atoms with E-state index in [-0.39, 0.29) is 35.9 Å². The fraction of sp³-hybridized carbons (Fsp3) is 0.562. The van der Waals surface area contributed by atoms with E-state index < -0.39 is 0 Å². The summed E-state index contributed by atoms with van der Waals surface area (Å²) in [5, 5.41) is 2.96. The third-order valence-corrected chi connectivity index (χ3v) is 4.36. The van der Waals surface area contributed by atoms with Crippen LogP contribution < -0.4 is 5.32 Å². The number of aromatic nitrogens is 2. The Morgan fingerprint density at radius 3 is 2.86 bits per heavy atom. The number of aromatic amines is 1. The maximum atomic E-state index is 12.0. The van der Waals surface area contributed by atoms with Gasteiger partial charge in [-0.2, -0.15) is 0 Å². The smallest absolute Gasteiger partial charge is 0.223 e. The van der Waals surface area contributed by atoms with Crippen LogP contribution in [-0.4, -0.2) is 28.2 Å². The third-order valence-electron chi connectivity index (χ3n) is 4.36. The monoisotopic (exact) mass is 323 g/mol. The molecule has 0 unspecified atom stereocenters. The van der Waals surface area contributed by atoms with E-state index in [4.69, 9.17) is 0 Å². The van der Waals surface area contributed by atoms with E-state index >= 15 is 0 Å². The maximum Gasteiger partial charge on any atom is 0.223 e. The maximum absolute atomic E-state index is 12.0. The van der Waals surface area contributed by atoms with Gasteiger partial charge in [0, 0.05) is 18.4 Å². The van der Waals surface area contributed by atoms with Crippen LogP contribution in [0.4, 0.5) is 0 Å². The molecule has 1 saturated carbocycles. The standard InChI is InChI=1S/C16H21N3O2.ClH/c20-15(14-9-17-10-19-14)12-8-13(12)16(21)18-7-6-11-4-2-1-3-5-11;/h4,9-10,12-13H,1-3,5-8H2,(H,17,19)(H,18,21);1H/t12-,13+;/m1./s1. The van der Waals surface area contributed by atoms with Gasteiger partial charge in [0.15, 0.2) is 5.78 Å². The summed E-state index contributed by atoms with van der Waals surface area (Å²) in [5.74, 6) is -0.299. The van der Waals surface area contributed by atoms with Crippen LogP contribution >= 0.6 is 12.4 Å². The number of nitrogens with one attached hydrogen (secondary N) is 2. The Kier molecular flexibility index (Phi) is 5.77. The average molecular weight is 324 g/mol. The first-order chi connectivity index (χ1) is 10.3. The highest BCUT2D eigenvalue weighted by atomic mass is 35.5. The van der Waals surface area contributed by atoms with E-state index in [1.165, 1.54) is 43.8 Å². The topological polar surface area (TPSA) is 74.8 Å². The summed E-state index contributed by atoms with van der Waals surface area (Å²) in [4.78, 5) is 30.7. The fourth-order valence-electron chi connectivity index (χ4n) is 2.97. The number of nitrogens with zero attached hydrogens (tertiary/aromatic N) is 1. The molecule has 5 nitrogen and oxygen atoms in total. The molecule has 2 N–H and O–H groups in total. The quantitative estimate of drug-likeness (QED) is 0.624. The number of hydrogen-bond donors (Lipinski definition) is 2. The third kappa shape index (κ3) is 3.97. The molecule has 1 fully saturated rings. The van der Waals surface area contributed by atoms with Crippen molar-refractivity contribution < 1.29 is 9.59 Å². The molecule has 3 rings (SSSR count). The predicted octanol–water partition coefficient (Wildman–Crippen LogP) is 2.66. The summed E-state index contributed by atoms with van der Waals surface area (Å²) >= 11 is 0. The molecule has 0 radical (unpaired) electrons. The zero-order valence-corrected chi connectivity index (χ0v) is 13.3. The summed E-state index contributed by atoms with van der Waals surface area (Å²) in [5.41, 5.74) is 1.96. The lowest BCUT2D eigenvalue weighted by Gasteiger charge is -2.12. The lowest BCUT2D eigenvalue weighted by molar-refractivity contribution is -0.122. The van der Waals surface area contributed by atoms with Gasteiger partial charge in [0.25, 0.3) is 0 Å². The predicted molar refractivity (Wildman–Crippen MR) is 85.9 cm³/mol. The van der Waals surface area contributed by atoms with Gasteiger partial charge in [0.2, 0.25) is 5.91 Å². The van der Waals surface area contributed by atoms with E-state index in [9.17, 15) is 9.59 Å². The second kappa shape index (κ2) is 7.58. The summed E-state index contributed by atoms with van der Waals surface area (Å²) in [6.07, 6.45) is 11.8. The summed E-state index contributed by atoms with van der Waals surface area (Å²) < 4.78 is 0. The number of H-pyrrole nitrogens is 1. The number of Topliss-reactive ketones (excluding diaryl/α,β-unsaturated/α-hetero) is 1. The highest BCUT2D eigenvalue weighted by Crippen LogP contribution is 2.40. The molecular weight excluding hydrogens is 302 g/mol. The molecule has 0 aliphatic heterocycles. The number of allylic oxidation sites excluding steroid dienone is 1. The van der Waals surface area contributed by atoms with Crippen LogP contribution in [0.3, 0.4) is 0 Å². The summed E-state index contributed by atoms with van der Waals surface area (Å²) in [6, 6.07) is 0. The van der Waals surface area contributed by atoms with Crippen molar-refractivity contribution in [3.63, 3.8) is 0 Å². The van der Waals surface area contributed by atoms with Crippen LogP contribution in [0, 0.1) is 11.8 Å². The van der Waals surface area contributed by atoms with Crippen LogP contribution in [0.2, 0.25) is 0 Å². The van der Waals surface area contributed by atoms with E-state index in [1.54, 1.807) is 0 Å². The van der Waals surface area contributed by atoms with Crippen molar-refractivity contribution in [2.24, 2.45) is 11.8 Å². The van der Waals surface area contributed by atoms with Crippen molar-refractivity contribution >= 4 is 24.1 Å². The van der Waals surface area contributed by atoms with Gasteiger partial charge in [0.05, 0.1) is 12.5 Å². The molecule has 0 spiro atoms. The molecule has 120 valence electrons. The number of carbonyl (C=O) groups is 2. The molecule has 1 aromatic rings. The summed E-state index contributed by atoms with van der Waals surface area (Å²) in [6.45, 7) is 0.687. The minimum absolute atomic E-state index is 0. The first-order valence-electron chi connectivity index (χ1n) is 7.74. The molecular formula is C16H22ClN3O2. The van der Waals surface area contributed by atoms with Crippen molar-refractivity contribution in [1.29, 1.82) is 0 Å². The molecule has 2 atom stereocenters. The van der Waals surface area contributed by atoms with Crippen LogP contribution in [0.15, 0.2) is 24.2 Å². The Morgan fingerprint density at radius 2 is 2.18 bits per heavy atom.